The summed E-state index contributed by atoms with van der Waals surface area (Å²) in [6.07, 6.45) is 29.2. The van der Waals surface area contributed by atoms with Crippen molar-refractivity contribution >= 4 is 185 Å². The maximum absolute atomic E-state index is 15.3. The molecule has 12 rings (SSSR count). The summed E-state index contributed by atoms with van der Waals surface area (Å²) in [5.74, 6) is 4.80. The number of thiophene rings is 10. The highest BCUT2D eigenvalue weighted by molar-refractivity contribution is 7.35. The molecule has 10 aromatic heterocycles. The predicted molar refractivity (Wildman–Crippen MR) is 474 cm³/mol. The summed E-state index contributed by atoms with van der Waals surface area (Å²) in [7, 11) is 0. The van der Waals surface area contributed by atoms with E-state index < -0.39 is 0 Å². The van der Waals surface area contributed by atoms with Crippen molar-refractivity contribution in [1.82, 2.24) is 0 Å². The molecule has 0 saturated heterocycles. The van der Waals surface area contributed by atoms with Gasteiger partial charge in [0.05, 0.1) is 56.4 Å². The average Bonchev–Trinajstić information content (AvgIpc) is 1.57. The van der Waals surface area contributed by atoms with Gasteiger partial charge in [-0.25, -0.2) is 0 Å². The van der Waals surface area contributed by atoms with Gasteiger partial charge in [0.15, 0.2) is 11.6 Å². The Balaban J connectivity index is 1.09. The molecular formula is C90H114O4S10. The lowest BCUT2D eigenvalue weighted by atomic mass is 9.94. The molecule has 2 aromatic carbocycles. The number of Topliss-reactive ketones (excluding diaryl/α,β-unsaturated/α-hetero) is 2. The number of ether oxygens (including phenoxy) is 2. The lowest BCUT2D eigenvalue weighted by molar-refractivity contribution is 0.0905. The zero-order valence-electron chi connectivity index (χ0n) is 64.8. The van der Waals surface area contributed by atoms with Gasteiger partial charge in [-0.1, -0.05) is 199 Å². The van der Waals surface area contributed by atoms with E-state index in [1.807, 2.05) is 90.7 Å². The summed E-state index contributed by atoms with van der Waals surface area (Å²) >= 11 is 19.0. The van der Waals surface area contributed by atoms with Crippen LogP contribution in [0.15, 0.2) is 60.7 Å². The second-order valence-corrected chi connectivity index (χ2v) is 41.1. The fourth-order valence-electron chi connectivity index (χ4n) is 15.7. The number of hydrogen-bond acceptors (Lipinski definition) is 14. The van der Waals surface area contributed by atoms with Crippen molar-refractivity contribution in [2.75, 3.05) is 13.2 Å². The Morgan fingerprint density at radius 3 is 1.19 bits per heavy atom. The predicted octanol–water partition coefficient (Wildman–Crippen LogP) is 33.7. The van der Waals surface area contributed by atoms with Gasteiger partial charge in [0.2, 0.25) is 0 Å². The lowest BCUT2D eigenvalue weighted by Crippen LogP contribution is -2.12. The van der Waals surface area contributed by atoms with E-state index in [0.29, 0.717) is 48.5 Å². The van der Waals surface area contributed by atoms with Gasteiger partial charge in [0.25, 0.3) is 0 Å². The van der Waals surface area contributed by atoms with E-state index in [2.05, 4.69) is 158 Å². The Morgan fingerprint density at radius 2 is 0.731 bits per heavy atom. The van der Waals surface area contributed by atoms with Crippen LogP contribution < -0.4 is 9.47 Å². The molecule has 0 bridgehead atoms. The largest absolute Gasteiger partial charge is 0.491 e. The molecule has 10 heterocycles. The summed E-state index contributed by atoms with van der Waals surface area (Å²) in [5.41, 5.74) is 2.78. The Labute approximate surface area is 662 Å². The van der Waals surface area contributed by atoms with Gasteiger partial charge in [0.1, 0.15) is 11.5 Å². The van der Waals surface area contributed by atoms with Gasteiger partial charge < -0.3 is 9.47 Å². The van der Waals surface area contributed by atoms with E-state index in [1.54, 1.807) is 22.7 Å². The van der Waals surface area contributed by atoms with Crippen molar-refractivity contribution in [2.45, 2.75) is 264 Å². The van der Waals surface area contributed by atoms with E-state index in [0.717, 1.165) is 144 Å². The monoisotopic (exact) mass is 1580 g/mol. The molecular weight excluding hydrogens is 1470 g/mol. The minimum atomic E-state index is -0.0124. The molecule has 0 saturated carbocycles. The van der Waals surface area contributed by atoms with Crippen molar-refractivity contribution in [1.29, 1.82) is 0 Å². The van der Waals surface area contributed by atoms with Gasteiger partial charge in [-0.3, -0.25) is 9.59 Å². The number of hydrogen-bond donors (Lipinski definition) is 0. The van der Waals surface area contributed by atoms with Crippen molar-refractivity contribution in [2.24, 2.45) is 35.5 Å². The molecule has 6 unspecified atom stereocenters. The first kappa shape index (κ1) is 79.5. The normalized spacial score (nSPS) is 14.0. The van der Waals surface area contributed by atoms with Crippen LogP contribution in [0.1, 0.15) is 276 Å². The first-order valence-corrected chi connectivity index (χ1v) is 48.5. The molecule has 4 nitrogen and oxygen atoms in total. The van der Waals surface area contributed by atoms with Crippen LogP contribution in [-0.4, -0.2) is 24.8 Å². The molecule has 0 aliphatic rings. The van der Waals surface area contributed by atoms with Crippen LogP contribution in [0.4, 0.5) is 0 Å². The minimum absolute atomic E-state index is 0.0124. The Hall–Kier alpha value is -4.06. The van der Waals surface area contributed by atoms with Crippen molar-refractivity contribution in [3.05, 3.63) is 89.9 Å². The number of aryl methyl sites for hydroxylation is 2. The summed E-state index contributed by atoms with van der Waals surface area (Å²) in [6, 6.07) is 24.4. The molecule has 0 fully saturated rings. The minimum Gasteiger partial charge on any atom is -0.491 e. The maximum atomic E-state index is 15.3. The second-order valence-electron chi connectivity index (χ2n) is 30.0. The molecule has 6 atom stereocenters. The molecule has 0 N–H and O–H groups in total. The van der Waals surface area contributed by atoms with E-state index in [-0.39, 0.29) is 11.8 Å². The molecule has 12 aromatic rings. The third-order valence-corrected chi connectivity index (χ3v) is 34.7. The van der Waals surface area contributed by atoms with Crippen LogP contribution in [0, 0.1) is 49.4 Å². The SMILES string of the molecule is CCCCC(CC)COc1c2cc(-c3sc(-c4cc5c(-c6ccc(CC(CC)CCCC)s6)c6sc(C)cc6c(-c6ccc(CC(CC)CCCC)s6)c5s4)c4cc(C(=O)C(CC)CCCC)sc34)sc2c(OCC(CC)CCCC)c2cc(-c3sc(C)c4cc(C(=O)C(CC)CCCC)sc34)sc12. The number of rotatable bonds is 43. The molecule has 14 heteroatoms. The summed E-state index contributed by atoms with van der Waals surface area (Å²) in [6.45, 7) is 33.4. The molecule has 0 radical (unpaired) electrons. The lowest BCUT2D eigenvalue weighted by Gasteiger charge is -2.19. The first-order valence-electron chi connectivity index (χ1n) is 40.3. The zero-order chi connectivity index (χ0) is 73.3. The number of carbonyl (C=O) groups excluding carboxylic acids is 2. The molecule has 558 valence electrons. The van der Waals surface area contributed by atoms with Crippen LogP contribution >= 0.6 is 113 Å². The third kappa shape index (κ3) is 17.1. The van der Waals surface area contributed by atoms with Gasteiger partial charge in [-0.15, -0.1) is 113 Å². The quantitative estimate of drug-likeness (QED) is 0.0358. The first-order chi connectivity index (χ1) is 50.7. The molecule has 0 aliphatic heterocycles. The number of ketones is 2. The van der Waals surface area contributed by atoms with Crippen molar-refractivity contribution < 1.29 is 19.1 Å². The van der Waals surface area contributed by atoms with Crippen LogP contribution in [-0.2, 0) is 12.8 Å². The topological polar surface area (TPSA) is 52.6 Å². The van der Waals surface area contributed by atoms with Crippen molar-refractivity contribution in [3.8, 4) is 61.6 Å². The summed E-state index contributed by atoms with van der Waals surface area (Å²) < 4.78 is 22.5. The number of benzene rings is 2. The van der Waals surface area contributed by atoms with Crippen LogP contribution in [0.2, 0.25) is 0 Å². The number of unbranched alkanes of at least 4 members (excludes halogenated alkanes) is 6. The molecule has 104 heavy (non-hydrogen) atoms. The zero-order valence-corrected chi connectivity index (χ0v) is 72.9. The van der Waals surface area contributed by atoms with Gasteiger partial charge in [-0.05, 0) is 150 Å². The van der Waals surface area contributed by atoms with Crippen LogP contribution in [0.25, 0.3) is 111 Å². The number of fused-ring (bicyclic) bond motifs is 6. The average molecular weight is 1580 g/mol. The van der Waals surface area contributed by atoms with Crippen LogP contribution in [0.3, 0.4) is 0 Å². The number of carbonyl (C=O) groups is 2. The fraction of sp³-hybridized carbons (Fsp3) is 0.533. The third-order valence-electron chi connectivity index (χ3n) is 22.5. The van der Waals surface area contributed by atoms with Gasteiger partial charge in [0, 0.05) is 109 Å². The van der Waals surface area contributed by atoms with E-state index in [1.165, 1.54) is 174 Å². The fourth-order valence-corrected chi connectivity index (χ4v) is 28.5. The Kier molecular flexibility index (Phi) is 28.4. The highest BCUT2D eigenvalue weighted by Gasteiger charge is 2.32. The Bertz CT molecular complexity index is 4650. The Morgan fingerprint density at radius 1 is 0.337 bits per heavy atom. The highest BCUT2D eigenvalue weighted by atomic mass is 32.1. The van der Waals surface area contributed by atoms with Crippen LogP contribution in [0.5, 0.6) is 11.5 Å². The molecule has 0 amide bonds. The summed E-state index contributed by atoms with van der Waals surface area (Å²) in [4.78, 5) is 47.1. The van der Waals surface area contributed by atoms with E-state index in [4.69, 9.17) is 9.47 Å². The standard InChI is InChI=1S/C90H114O4S10/c1-15-27-33-55(21-7)44-61-39-41-69(97-61)76-64-43-53(13)95-83(64)77(70-42-40-62(98-70)45-56(22-8)34-28-16-2)65-47-73(101-84(65)76)82-68-50-72(79(92)60(26-12)38-32-20-6)100-88(68)90(104-82)75-49-67-81(94-52-58(24-10)36-30-18-4)85-66(80(86(67)103-75)93-51-57(23-9)35-29-17-3)48-74(102-85)89-87-63(54(14)96-89)46-71(99-87)78(91)59(25-11)37-31-19-5/h39-43,46-50,55-60H,15-38,44-45,51-52H2,1-14H3. The van der Waals surface area contributed by atoms with Gasteiger partial charge >= 0.3 is 0 Å². The second kappa shape index (κ2) is 37.1. The highest BCUT2D eigenvalue weighted by Crippen LogP contribution is 2.60. The smallest absolute Gasteiger partial charge is 0.175 e. The molecule has 0 aliphatic carbocycles. The van der Waals surface area contributed by atoms with Crippen molar-refractivity contribution in [3.63, 3.8) is 0 Å². The van der Waals surface area contributed by atoms with E-state index in [9.17, 15) is 4.79 Å². The summed E-state index contributed by atoms with van der Waals surface area (Å²) in [5, 5.41) is 7.38. The maximum Gasteiger partial charge on any atom is 0.175 e. The van der Waals surface area contributed by atoms with E-state index >= 15 is 4.79 Å². The van der Waals surface area contributed by atoms with Gasteiger partial charge in [-0.2, -0.15) is 0 Å². The molecule has 0 spiro atoms.